The van der Waals surface area contributed by atoms with Crippen LogP contribution in [0.4, 0.5) is 14.6 Å². The van der Waals surface area contributed by atoms with Crippen molar-refractivity contribution in [3.8, 4) is 5.69 Å². The van der Waals surface area contributed by atoms with Gasteiger partial charge in [0.1, 0.15) is 5.82 Å². The van der Waals surface area contributed by atoms with Gasteiger partial charge in [0.15, 0.2) is 11.6 Å². The second-order valence-electron chi connectivity index (χ2n) is 6.01. The first-order valence-corrected chi connectivity index (χ1v) is 7.75. The molecule has 1 heterocycles. The van der Waals surface area contributed by atoms with Gasteiger partial charge in [0, 0.05) is 11.6 Å². The van der Waals surface area contributed by atoms with Crippen molar-refractivity contribution in [2.45, 2.75) is 20.8 Å². The molecule has 25 heavy (non-hydrogen) atoms. The van der Waals surface area contributed by atoms with Crippen LogP contribution in [0, 0.1) is 32.4 Å². The number of carbonyl (C=O) groups excluding carboxylic acids is 1. The van der Waals surface area contributed by atoms with Crippen LogP contribution in [-0.4, -0.2) is 15.7 Å². The molecule has 0 radical (unpaired) electrons. The molecule has 3 rings (SSSR count). The minimum absolute atomic E-state index is 0.0322. The van der Waals surface area contributed by atoms with Gasteiger partial charge in [0.25, 0.3) is 5.91 Å². The van der Waals surface area contributed by atoms with Crippen molar-refractivity contribution in [3.63, 3.8) is 0 Å². The Bertz CT molecular complexity index is 943. The molecule has 4 nitrogen and oxygen atoms in total. The van der Waals surface area contributed by atoms with Crippen LogP contribution in [0.1, 0.15) is 27.2 Å². The van der Waals surface area contributed by atoms with Crippen LogP contribution in [0.15, 0.2) is 42.5 Å². The highest BCUT2D eigenvalue weighted by atomic mass is 19.2. The minimum Gasteiger partial charge on any atom is -0.306 e. The maximum absolute atomic E-state index is 13.3. The lowest BCUT2D eigenvalue weighted by atomic mass is 10.1. The fourth-order valence-corrected chi connectivity index (χ4v) is 2.68. The highest BCUT2D eigenvalue weighted by Gasteiger charge is 2.14. The number of rotatable bonds is 3. The Labute approximate surface area is 144 Å². The predicted molar refractivity (Wildman–Crippen MR) is 92.1 cm³/mol. The van der Waals surface area contributed by atoms with Crippen LogP contribution in [0.3, 0.4) is 0 Å². The molecule has 0 aliphatic carbocycles. The van der Waals surface area contributed by atoms with Crippen LogP contribution in [0.5, 0.6) is 0 Å². The van der Waals surface area contributed by atoms with E-state index in [1.54, 1.807) is 10.7 Å². The summed E-state index contributed by atoms with van der Waals surface area (Å²) in [7, 11) is 0. The number of nitrogens with zero attached hydrogens (tertiary/aromatic N) is 2. The summed E-state index contributed by atoms with van der Waals surface area (Å²) in [6.07, 6.45) is 0. The lowest BCUT2D eigenvalue weighted by molar-refractivity contribution is 0.102. The molecule has 0 saturated heterocycles. The Morgan fingerprint density at radius 1 is 0.960 bits per heavy atom. The number of hydrogen-bond acceptors (Lipinski definition) is 2. The molecule has 1 amide bonds. The average Bonchev–Trinajstić information content (AvgIpc) is 2.89. The number of hydrogen-bond donors (Lipinski definition) is 1. The van der Waals surface area contributed by atoms with Crippen LogP contribution in [-0.2, 0) is 0 Å². The fourth-order valence-electron chi connectivity index (χ4n) is 2.68. The molecule has 0 aliphatic heterocycles. The van der Waals surface area contributed by atoms with Crippen molar-refractivity contribution in [3.05, 3.63) is 76.5 Å². The summed E-state index contributed by atoms with van der Waals surface area (Å²) in [6.45, 7) is 5.77. The van der Waals surface area contributed by atoms with Gasteiger partial charge in [0.05, 0.1) is 11.4 Å². The standard InChI is InChI=1S/C19H17F2N3O/c1-11-6-12(2)8-15(7-11)24-18(9-13(3)23-24)22-19(25)14-4-5-16(20)17(21)10-14/h4-10H,1-3H3,(H,22,25). The molecule has 1 aromatic heterocycles. The summed E-state index contributed by atoms with van der Waals surface area (Å²) in [4.78, 5) is 12.4. The predicted octanol–water partition coefficient (Wildman–Crippen LogP) is 4.33. The Morgan fingerprint density at radius 2 is 1.64 bits per heavy atom. The maximum atomic E-state index is 13.3. The van der Waals surface area contributed by atoms with E-state index in [0.717, 1.165) is 34.6 Å². The number of aromatic nitrogens is 2. The van der Waals surface area contributed by atoms with Gasteiger partial charge in [-0.3, -0.25) is 4.79 Å². The first-order valence-electron chi connectivity index (χ1n) is 7.75. The van der Waals surface area contributed by atoms with Crippen LogP contribution < -0.4 is 5.32 Å². The minimum atomic E-state index is -1.06. The van der Waals surface area contributed by atoms with Crippen molar-refractivity contribution in [1.29, 1.82) is 0 Å². The second kappa shape index (κ2) is 6.47. The molecule has 3 aromatic rings. The summed E-state index contributed by atoms with van der Waals surface area (Å²) in [5.41, 5.74) is 3.71. The zero-order valence-corrected chi connectivity index (χ0v) is 14.1. The zero-order chi connectivity index (χ0) is 18.1. The number of benzene rings is 2. The number of anilines is 1. The van der Waals surface area contributed by atoms with Gasteiger partial charge < -0.3 is 5.32 Å². The van der Waals surface area contributed by atoms with Crippen LogP contribution in [0.25, 0.3) is 5.69 Å². The van der Waals surface area contributed by atoms with E-state index >= 15 is 0 Å². The van der Waals surface area contributed by atoms with Gasteiger partial charge in [-0.2, -0.15) is 5.10 Å². The third-order valence-electron chi connectivity index (χ3n) is 3.71. The normalized spacial score (nSPS) is 10.8. The summed E-state index contributed by atoms with van der Waals surface area (Å²) >= 11 is 0. The van der Waals surface area contributed by atoms with Crippen molar-refractivity contribution in [2.24, 2.45) is 0 Å². The van der Waals surface area contributed by atoms with E-state index in [1.807, 2.05) is 39.0 Å². The van der Waals surface area contributed by atoms with Gasteiger partial charge in [-0.1, -0.05) is 6.07 Å². The van der Waals surface area contributed by atoms with E-state index in [-0.39, 0.29) is 5.56 Å². The number of halogens is 2. The Hall–Kier alpha value is -3.02. The summed E-state index contributed by atoms with van der Waals surface area (Å²) in [5, 5.41) is 7.11. The topological polar surface area (TPSA) is 46.9 Å². The summed E-state index contributed by atoms with van der Waals surface area (Å²) < 4.78 is 28.0. The number of nitrogens with one attached hydrogen (secondary N) is 1. The molecule has 0 aliphatic rings. The largest absolute Gasteiger partial charge is 0.306 e. The Balaban J connectivity index is 1.95. The molecule has 0 spiro atoms. The molecule has 0 bridgehead atoms. The third-order valence-corrected chi connectivity index (χ3v) is 3.71. The second-order valence-corrected chi connectivity index (χ2v) is 6.01. The van der Waals surface area contributed by atoms with E-state index in [4.69, 9.17) is 0 Å². The van der Waals surface area contributed by atoms with E-state index in [0.29, 0.717) is 5.82 Å². The molecule has 2 aromatic carbocycles. The highest BCUT2D eigenvalue weighted by Crippen LogP contribution is 2.20. The molecule has 1 N–H and O–H groups in total. The summed E-state index contributed by atoms with van der Waals surface area (Å²) in [6, 6.07) is 10.7. The van der Waals surface area contributed by atoms with E-state index in [2.05, 4.69) is 10.4 Å². The van der Waals surface area contributed by atoms with E-state index < -0.39 is 17.5 Å². The third kappa shape index (κ3) is 3.57. The molecule has 128 valence electrons. The molecule has 0 saturated carbocycles. The smallest absolute Gasteiger partial charge is 0.256 e. The van der Waals surface area contributed by atoms with Gasteiger partial charge in [-0.15, -0.1) is 0 Å². The molecular formula is C19H17F2N3O. The van der Waals surface area contributed by atoms with Crippen LogP contribution >= 0.6 is 0 Å². The first-order chi connectivity index (χ1) is 11.8. The SMILES string of the molecule is Cc1cc(C)cc(-n2nc(C)cc2NC(=O)c2ccc(F)c(F)c2)c1. The molecule has 0 atom stereocenters. The van der Waals surface area contributed by atoms with Gasteiger partial charge in [-0.05, 0) is 62.2 Å². The Kier molecular flexibility index (Phi) is 4.35. The lowest BCUT2D eigenvalue weighted by Gasteiger charge is -2.11. The van der Waals surface area contributed by atoms with Crippen molar-refractivity contribution in [1.82, 2.24) is 9.78 Å². The Morgan fingerprint density at radius 3 is 2.28 bits per heavy atom. The van der Waals surface area contributed by atoms with Gasteiger partial charge in [-0.25, -0.2) is 13.5 Å². The molecule has 6 heteroatoms. The number of carbonyl (C=O) groups is 1. The van der Waals surface area contributed by atoms with Crippen molar-refractivity contribution in [2.75, 3.05) is 5.32 Å². The fraction of sp³-hybridized carbons (Fsp3) is 0.158. The quantitative estimate of drug-likeness (QED) is 0.771. The first kappa shape index (κ1) is 16.8. The highest BCUT2D eigenvalue weighted by molar-refractivity contribution is 6.04. The lowest BCUT2D eigenvalue weighted by Crippen LogP contribution is -2.15. The van der Waals surface area contributed by atoms with Gasteiger partial charge in [0.2, 0.25) is 0 Å². The molecule has 0 unspecified atom stereocenters. The van der Waals surface area contributed by atoms with E-state index in [9.17, 15) is 13.6 Å². The van der Waals surface area contributed by atoms with Crippen molar-refractivity contribution >= 4 is 11.7 Å². The van der Waals surface area contributed by atoms with Crippen LogP contribution in [0.2, 0.25) is 0 Å². The average molecular weight is 341 g/mol. The maximum Gasteiger partial charge on any atom is 0.256 e. The van der Waals surface area contributed by atoms with E-state index in [1.165, 1.54) is 6.07 Å². The zero-order valence-electron chi connectivity index (χ0n) is 14.1. The summed E-state index contributed by atoms with van der Waals surface area (Å²) in [5.74, 6) is -2.14. The monoisotopic (exact) mass is 341 g/mol. The molecule has 0 fully saturated rings. The number of aryl methyl sites for hydroxylation is 3. The molecular weight excluding hydrogens is 324 g/mol. The van der Waals surface area contributed by atoms with Gasteiger partial charge >= 0.3 is 0 Å². The number of amides is 1. The van der Waals surface area contributed by atoms with Crippen molar-refractivity contribution < 1.29 is 13.6 Å².